The molecular weight excluding hydrogens is 366 g/mol. The quantitative estimate of drug-likeness (QED) is 0.678. The number of morpholine rings is 1. The van der Waals surface area contributed by atoms with Gasteiger partial charge in [0.15, 0.2) is 0 Å². The number of nitrogens with two attached hydrogens (primary N) is 1. The maximum absolute atomic E-state index is 12.4. The average molecular weight is 400 g/mol. The van der Waals surface area contributed by atoms with Crippen LogP contribution in [0.3, 0.4) is 0 Å². The predicted molar refractivity (Wildman–Crippen MR) is 115 cm³/mol. The lowest BCUT2D eigenvalue weighted by molar-refractivity contribution is 0.0369. The van der Waals surface area contributed by atoms with Crippen LogP contribution in [0.1, 0.15) is 47.9 Å². The van der Waals surface area contributed by atoms with Crippen molar-refractivity contribution in [2.24, 2.45) is 5.73 Å². The maximum atomic E-state index is 12.4. The van der Waals surface area contributed by atoms with Crippen molar-refractivity contribution in [2.75, 3.05) is 32.8 Å². The van der Waals surface area contributed by atoms with Crippen molar-refractivity contribution >= 4 is 5.91 Å². The first-order valence-corrected chi connectivity index (χ1v) is 10.6. The summed E-state index contributed by atoms with van der Waals surface area (Å²) >= 11 is 0. The first-order valence-electron chi connectivity index (χ1n) is 10.6. The molecule has 3 rings (SSSR count). The molecule has 158 valence electrons. The minimum Gasteiger partial charge on any atom is -0.508 e. The van der Waals surface area contributed by atoms with Crippen LogP contribution in [0.4, 0.5) is 0 Å². The smallest absolute Gasteiger partial charge is 0.251 e. The molecule has 1 aliphatic rings. The third-order valence-electron chi connectivity index (χ3n) is 5.74. The van der Waals surface area contributed by atoms with Gasteiger partial charge in [-0.2, -0.15) is 0 Å². The van der Waals surface area contributed by atoms with Gasteiger partial charge >= 0.3 is 0 Å². The summed E-state index contributed by atoms with van der Waals surface area (Å²) in [6.45, 7) is 9.58. The molecule has 3 N–H and O–H groups in total. The van der Waals surface area contributed by atoms with Crippen molar-refractivity contribution in [1.82, 2.24) is 9.47 Å². The minimum absolute atomic E-state index is 0.192. The summed E-state index contributed by atoms with van der Waals surface area (Å²) in [4.78, 5) is 14.8. The molecule has 1 aromatic carbocycles. The van der Waals surface area contributed by atoms with Crippen molar-refractivity contribution in [3.8, 4) is 16.9 Å². The van der Waals surface area contributed by atoms with Crippen LogP contribution in [-0.4, -0.2) is 53.3 Å². The highest BCUT2D eigenvalue weighted by atomic mass is 16.5. The van der Waals surface area contributed by atoms with Crippen molar-refractivity contribution < 1.29 is 14.6 Å². The Balaban J connectivity index is 1.95. The Morgan fingerprint density at radius 2 is 1.97 bits per heavy atom. The number of carbonyl (C=O) groups is 1. The molecule has 0 radical (unpaired) electrons. The zero-order valence-electron chi connectivity index (χ0n) is 17.6. The number of primary amides is 1. The van der Waals surface area contributed by atoms with Gasteiger partial charge in [0.2, 0.25) is 0 Å². The highest BCUT2D eigenvalue weighted by Gasteiger charge is 2.24. The Morgan fingerprint density at radius 3 is 2.62 bits per heavy atom. The Kier molecular flexibility index (Phi) is 7.34. The number of carbonyl (C=O) groups excluding carboxylic acids is 1. The second-order valence-corrected chi connectivity index (χ2v) is 7.76. The van der Waals surface area contributed by atoms with Gasteiger partial charge in [-0.1, -0.05) is 25.5 Å². The fourth-order valence-corrected chi connectivity index (χ4v) is 4.26. The van der Waals surface area contributed by atoms with Gasteiger partial charge in [-0.25, -0.2) is 0 Å². The van der Waals surface area contributed by atoms with Gasteiger partial charge in [0.25, 0.3) is 5.91 Å². The number of aromatic nitrogens is 1. The van der Waals surface area contributed by atoms with Crippen LogP contribution in [-0.2, 0) is 17.7 Å². The highest BCUT2D eigenvalue weighted by Crippen LogP contribution is 2.35. The Hall–Kier alpha value is -2.31. The fraction of sp³-hybridized carbons (Fsp3) is 0.522. The molecular formula is C23H33N3O3. The topological polar surface area (TPSA) is 80.7 Å². The number of aromatic hydroxyl groups is 1. The molecule has 1 aromatic heterocycles. The summed E-state index contributed by atoms with van der Waals surface area (Å²) in [5, 5.41) is 9.99. The van der Waals surface area contributed by atoms with Crippen LogP contribution in [0.15, 0.2) is 24.3 Å². The van der Waals surface area contributed by atoms with E-state index in [1.54, 1.807) is 12.1 Å². The first-order chi connectivity index (χ1) is 14.0. The monoisotopic (exact) mass is 399 g/mol. The summed E-state index contributed by atoms with van der Waals surface area (Å²) in [5.74, 6) is -0.220. The second-order valence-electron chi connectivity index (χ2n) is 7.76. The average Bonchev–Trinajstić information content (AvgIpc) is 2.99. The number of nitrogens with zero attached hydrogens (tertiary/aromatic N) is 2. The lowest BCUT2D eigenvalue weighted by Crippen LogP contribution is -2.37. The Labute approximate surface area is 173 Å². The van der Waals surface area contributed by atoms with Crippen LogP contribution < -0.4 is 5.73 Å². The molecule has 1 saturated heterocycles. The molecule has 1 amide bonds. The molecule has 6 nitrogen and oxygen atoms in total. The molecule has 0 bridgehead atoms. The van der Waals surface area contributed by atoms with Gasteiger partial charge < -0.3 is 20.1 Å². The van der Waals surface area contributed by atoms with E-state index in [9.17, 15) is 9.90 Å². The van der Waals surface area contributed by atoms with Crippen molar-refractivity contribution in [2.45, 2.75) is 46.1 Å². The molecule has 0 unspecified atom stereocenters. The summed E-state index contributed by atoms with van der Waals surface area (Å²) in [7, 11) is 0. The predicted octanol–water partition coefficient (Wildman–Crippen LogP) is 3.33. The molecule has 2 heterocycles. The molecule has 2 aromatic rings. The molecule has 6 heteroatoms. The highest BCUT2D eigenvalue weighted by molar-refractivity contribution is 6.02. The van der Waals surface area contributed by atoms with Crippen molar-refractivity contribution in [3.63, 3.8) is 0 Å². The number of rotatable bonds is 9. The number of hydrogen-bond acceptors (Lipinski definition) is 4. The van der Waals surface area contributed by atoms with Crippen molar-refractivity contribution in [3.05, 3.63) is 41.2 Å². The van der Waals surface area contributed by atoms with E-state index in [0.29, 0.717) is 5.56 Å². The third-order valence-corrected chi connectivity index (χ3v) is 5.74. The van der Waals surface area contributed by atoms with Gasteiger partial charge in [0.05, 0.1) is 18.8 Å². The van der Waals surface area contributed by atoms with E-state index < -0.39 is 5.91 Å². The normalized spacial score (nSPS) is 15.0. The third kappa shape index (κ3) is 5.00. The summed E-state index contributed by atoms with van der Waals surface area (Å²) < 4.78 is 7.71. The Morgan fingerprint density at radius 1 is 1.21 bits per heavy atom. The number of unbranched alkanes of at least 4 members (excludes halogenated alkanes) is 1. The molecule has 0 saturated carbocycles. The van der Waals surface area contributed by atoms with Gasteiger partial charge in [-0.3, -0.25) is 9.69 Å². The van der Waals surface area contributed by atoms with E-state index >= 15 is 0 Å². The van der Waals surface area contributed by atoms with E-state index in [4.69, 9.17) is 10.5 Å². The molecule has 29 heavy (non-hydrogen) atoms. The van der Waals surface area contributed by atoms with E-state index in [2.05, 4.69) is 16.4 Å². The largest absolute Gasteiger partial charge is 0.508 e. The van der Waals surface area contributed by atoms with Crippen LogP contribution in [0.5, 0.6) is 5.75 Å². The number of amides is 1. The summed E-state index contributed by atoms with van der Waals surface area (Å²) in [6, 6.07) is 7.11. The Bertz CT molecular complexity index is 838. The molecule has 0 spiro atoms. The van der Waals surface area contributed by atoms with Gasteiger partial charge in [0.1, 0.15) is 5.75 Å². The maximum Gasteiger partial charge on any atom is 0.251 e. The van der Waals surface area contributed by atoms with Gasteiger partial charge in [-0.05, 0) is 43.9 Å². The van der Waals surface area contributed by atoms with E-state index in [0.717, 1.165) is 87.6 Å². The van der Waals surface area contributed by atoms with Crippen LogP contribution in [0.25, 0.3) is 11.1 Å². The van der Waals surface area contributed by atoms with Crippen LogP contribution in [0.2, 0.25) is 0 Å². The number of benzene rings is 1. The van der Waals surface area contributed by atoms with Crippen LogP contribution >= 0.6 is 0 Å². The first kappa shape index (κ1) is 21.4. The standard InChI is InChI=1S/C23H33N3O3/c1-3-4-9-20-22(18-7-5-8-19(27)16-18)21(23(24)28)17(2)26(20)11-6-10-25-12-14-29-15-13-25/h5,7-8,16,27H,3-4,6,9-15H2,1-2H3,(H2,24,28). The zero-order chi connectivity index (χ0) is 20.8. The lowest BCUT2D eigenvalue weighted by Gasteiger charge is -2.26. The van der Waals surface area contributed by atoms with Crippen LogP contribution in [0, 0.1) is 6.92 Å². The molecule has 0 atom stereocenters. The van der Waals surface area contributed by atoms with Crippen molar-refractivity contribution in [1.29, 1.82) is 0 Å². The SMILES string of the molecule is CCCCc1c(-c2cccc(O)c2)c(C(N)=O)c(C)n1CCCN1CCOCC1. The second kappa shape index (κ2) is 9.94. The zero-order valence-corrected chi connectivity index (χ0v) is 17.6. The van der Waals surface area contributed by atoms with Gasteiger partial charge in [0, 0.05) is 43.1 Å². The number of hydrogen-bond donors (Lipinski definition) is 2. The number of phenols is 1. The molecule has 1 fully saturated rings. The van der Waals surface area contributed by atoms with E-state index in [1.807, 2.05) is 19.1 Å². The summed E-state index contributed by atoms with van der Waals surface area (Å²) in [6.07, 6.45) is 4.00. The molecule has 0 aliphatic carbocycles. The number of ether oxygens (including phenoxy) is 1. The number of phenolic OH excluding ortho intramolecular Hbond substituents is 1. The van der Waals surface area contributed by atoms with Gasteiger partial charge in [-0.15, -0.1) is 0 Å². The summed E-state index contributed by atoms with van der Waals surface area (Å²) in [5.41, 5.74) is 10.2. The molecule has 1 aliphatic heterocycles. The lowest BCUT2D eigenvalue weighted by atomic mass is 9.97. The van der Waals surface area contributed by atoms with E-state index in [1.165, 1.54) is 0 Å². The van der Waals surface area contributed by atoms with E-state index in [-0.39, 0.29) is 5.75 Å². The fourth-order valence-electron chi connectivity index (χ4n) is 4.26. The minimum atomic E-state index is -0.412.